The molecule has 0 radical (unpaired) electrons. The summed E-state index contributed by atoms with van der Waals surface area (Å²) in [6.07, 6.45) is 1.20. The van der Waals surface area contributed by atoms with Gasteiger partial charge < -0.3 is 14.9 Å². The number of carbonyl (C=O) groups is 3. The van der Waals surface area contributed by atoms with Crippen LogP contribution in [0.1, 0.15) is 51.8 Å². The van der Waals surface area contributed by atoms with E-state index in [2.05, 4.69) is 0 Å². The quantitative estimate of drug-likeness (QED) is 0.639. The Labute approximate surface area is 121 Å². The predicted octanol–water partition coefficient (Wildman–Crippen LogP) is 2.59. The van der Waals surface area contributed by atoms with E-state index in [9.17, 15) is 14.4 Å². The molecule has 0 amide bonds. The highest BCUT2D eigenvalue weighted by atomic mass is 16.5. The van der Waals surface area contributed by atoms with Crippen molar-refractivity contribution < 1.29 is 29.3 Å². The van der Waals surface area contributed by atoms with Crippen molar-refractivity contribution in [3.8, 4) is 0 Å². The number of carboxylic acid groups (broad SMARTS) is 2. The van der Waals surface area contributed by atoms with Gasteiger partial charge in [0.05, 0.1) is 16.7 Å². The van der Waals surface area contributed by atoms with E-state index in [-0.39, 0.29) is 11.1 Å². The first kappa shape index (κ1) is 16.4. The lowest BCUT2D eigenvalue weighted by Crippen LogP contribution is -2.17. The second-order valence-electron chi connectivity index (χ2n) is 4.73. The third-order valence-electron chi connectivity index (χ3n) is 2.58. The Morgan fingerprint density at radius 2 is 1.71 bits per heavy atom. The number of carbonyl (C=O) groups excluding carboxylic acids is 1. The zero-order chi connectivity index (χ0) is 16.2. The van der Waals surface area contributed by atoms with Crippen LogP contribution in [0, 0.1) is 0 Å². The third kappa shape index (κ3) is 4.45. The molecule has 21 heavy (non-hydrogen) atoms. The van der Waals surface area contributed by atoms with E-state index < -0.39 is 29.6 Å². The molecule has 0 aromatic heterocycles. The van der Waals surface area contributed by atoms with Gasteiger partial charge in [-0.2, -0.15) is 0 Å². The van der Waals surface area contributed by atoms with E-state index in [1.54, 1.807) is 13.0 Å². The van der Waals surface area contributed by atoms with E-state index in [0.717, 1.165) is 23.8 Å². The van der Waals surface area contributed by atoms with Gasteiger partial charge in [0.1, 0.15) is 6.10 Å². The van der Waals surface area contributed by atoms with Crippen LogP contribution in [0.2, 0.25) is 0 Å². The molecule has 1 unspecified atom stereocenters. The zero-order valence-electron chi connectivity index (χ0n) is 11.9. The standard InChI is InChI=1S/C15H16O6/c1-8(2)6-9(3)21-15(20)11-5-4-10(13(16)17)7-12(11)14(18)19/h4-7,9H,1-3H3,(H,16,17)(H,18,19). The molecule has 1 aromatic rings. The largest absolute Gasteiger partial charge is 0.478 e. The van der Waals surface area contributed by atoms with Gasteiger partial charge in [0.2, 0.25) is 0 Å². The normalized spacial score (nSPS) is 11.4. The Kier molecular flexibility index (Phi) is 5.24. The molecule has 0 aliphatic heterocycles. The van der Waals surface area contributed by atoms with Crippen LogP contribution in [-0.2, 0) is 4.74 Å². The van der Waals surface area contributed by atoms with Gasteiger partial charge in [-0.3, -0.25) is 0 Å². The van der Waals surface area contributed by atoms with Crippen LogP contribution < -0.4 is 0 Å². The minimum absolute atomic E-state index is 0.179. The number of esters is 1. The fourth-order valence-electron chi connectivity index (χ4n) is 1.77. The number of ether oxygens (including phenoxy) is 1. The fourth-order valence-corrected chi connectivity index (χ4v) is 1.77. The maximum absolute atomic E-state index is 12.0. The van der Waals surface area contributed by atoms with Gasteiger partial charge in [0, 0.05) is 0 Å². The van der Waals surface area contributed by atoms with Crippen molar-refractivity contribution in [1.29, 1.82) is 0 Å². The van der Waals surface area contributed by atoms with Crippen LogP contribution in [0.5, 0.6) is 0 Å². The summed E-state index contributed by atoms with van der Waals surface area (Å²) in [6, 6.07) is 3.24. The van der Waals surface area contributed by atoms with E-state index in [1.807, 2.05) is 13.8 Å². The summed E-state index contributed by atoms with van der Waals surface area (Å²) in [5, 5.41) is 17.9. The average molecular weight is 292 g/mol. The minimum Gasteiger partial charge on any atom is -0.478 e. The maximum atomic E-state index is 12.0. The van der Waals surface area contributed by atoms with Crippen LogP contribution in [0.3, 0.4) is 0 Å². The van der Waals surface area contributed by atoms with Crippen molar-refractivity contribution in [3.63, 3.8) is 0 Å². The Balaban J connectivity index is 3.12. The molecule has 1 rings (SSSR count). The first-order valence-electron chi connectivity index (χ1n) is 6.19. The molecule has 0 aliphatic carbocycles. The van der Waals surface area contributed by atoms with E-state index in [0.29, 0.717) is 0 Å². The summed E-state index contributed by atoms with van der Waals surface area (Å²) in [4.78, 5) is 34.0. The first-order chi connectivity index (χ1) is 9.72. The SMILES string of the molecule is CC(C)=CC(C)OC(=O)c1ccc(C(=O)O)cc1C(=O)O. The molecule has 112 valence electrons. The number of benzene rings is 1. The monoisotopic (exact) mass is 292 g/mol. The second-order valence-corrected chi connectivity index (χ2v) is 4.73. The second kappa shape index (κ2) is 6.69. The number of rotatable bonds is 5. The summed E-state index contributed by atoms with van der Waals surface area (Å²) in [6.45, 7) is 5.33. The number of carboxylic acids is 2. The van der Waals surface area contributed by atoms with Crippen LogP contribution >= 0.6 is 0 Å². The molecular formula is C15H16O6. The molecule has 0 saturated heterocycles. The first-order valence-corrected chi connectivity index (χ1v) is 6.19. The predicted molar refractivity (Wildman–Crippen MR) is 74.7 cm³/mol. The van der Waals surface area contributed by atoms with E-state index >= 15 is 0 Å². The Bertz CT molecular complexity index is 611. The number of hydrogen-bond acceptors (Lipinski definition) is 4. The Morgan fingerprint density at radius 1 is 1.10 bits per heavy atom. The van der Waals surface area contributed by atoms with Gasteiger partial charge in [-0.05, 0) is 45.0 Å². The van der Waals surface area contributed by atoms with E-state index in [4.69, 9.17) is 14.9 Å². The molecule has 0 saturated carbocycles. The molecule has 6 heteroatoms. The topological polar surface area (TPSA) is 101 Å². The molecule has 0 fully saturated rings. The van der Waals surface area contributed by atoms with Gasteiger partial charge in [-0.25, -0.2) is 14.4 Å². The minimum atomic E-state index is -1.39. The van der Waals surface area contributed by atoms with Crippen LogP contribution in [0.4, 0.5) is 0 Å². The van der Waals surface area contributed by atoms with Crippen LogP contribution in [-0.4, -0.2) is 34.2 Å². The molecular weight excluding hydrogens is 276 g/mol. The molecule has 0 aliphatic rings. The van der Waals surface area contributed by atoms with Crippen molar-refractivity contribution in [1.82, 2.24) is 0 Å². The van der Waals surface area contributed by atoms with Gasteiger partial charge in [0.15, 0.2) is 0 Å². The van der Waals surface area contributed by atoms with Crippen molar-refractivity contribution >= 4 is 17.9 Å². The average Bonchev–Trinajstić information content (AvgIpc) is 2.36. The van der Waals surface area contributed by atoms with Gasteiger partial charge in [0.25, 0.3) is 0 Å². The Hall–Kier alpha value is -2.63. The van der Waals surface area contributed by atoms with Crippen LogP contribution in [0.25, 0.3) is 0 Å². The number of aromatic carboxylic acids is 2. The maximum Gasteiger partial charge on any atom is 0.339 e. The lowest BCUT2D eigenvalue weighted by Gasteiger charge is -2.12. The fraction of sp³-hybridized carbons (Fsp3) is 0.267. The smallest absolute Gasteiger partial charge is 0.339 e. The van der Waals surface area contributed by atoms with Crippen molar-refractivity contribution in [2.24, 2.45) is 0 Å². The molecule has 1 aromatic carbocycles. The van der Waals surface area contributed by atoms with Gasteiger partial charge >= 0.3 is 17.9 Å². The van der Waals surface area contributed by atoms with E-state index in [1.165, 1.54) is 0 Å². The summed E-state index contributed by atoms with van der Waals surface area (Å²) in [5.41, 5.74) is 0.169. The third-order valence-corrected chi connectivity index (χ3v) is 2.58. The summed E-state index contributed by atoms with van der Waals surface area (Å²) in [7, 11) is 0. The molecule has 0 heterocycles. The van der Waals surface area contributed by atoms with Crippen molar-refractivity contribution in [2.75, 3.05) is 0 Å². The highest BCUT2D eigenvalue weighted by molar-refractivity contribution is 6.04. The molecule has 0 bridgehead atoms. The molecule has 0 spiro atoms. The molecule has 6 nitrogen and oxygen atoms in total. The Morgan fingerprint density at radius 3 is 2.19 bits per heavy atom. The highest BCUT2D eigenvalue weighted by Gasteiger charge is 2.21. The summed E-state index contributed by atoms with van der Waals surface area (Å²) in [5.74, 6) is -3.47. The zero-order valence-corrected chi connectivity index (χ0v) is 11.9. The van der Waals surface area contributed by atoms with Crippen molar-refractivity contribution in [2.45, 2.75) is 26.9 Å². The number of hydrogen-bond donors (Lipinski definition) is 2. The van der Waals surface area contributed by atoms with Gasteiger partial charge in [-0.15, -0.1) is 0 Å². The highest BCUT2D eigenvalue weighted by Crippen LogP contribution is 2.15. The number of allylic oxidation sites excluding steroid dienone is 1. The van der Waals surface area contributed by atoms with Crippen LogP contribution in [0.15, 0.2) is 29.8 Å². The van der Waals surface area contributed by atoms with Gasteiger partial charge in [-0.1, -0.05) is 5.57 Å². The summed E-state index contributed by atoms with van der Waals surface area (Å²) >= 11 is 0. The summed E-state index contributed by atoms with van der Waals surface area (Å²) < 4.78 is 5.11. The molecule has 1 atom stereocenters. The lowest BCUT2D eigenvalue weighted by molar-refractivity contribution is 0.0415. The van der Waals surface area contributed by atoms with Crippen molar-refractivity contribution in [3.05, 3.63) is 46.5 Å². The lowest BCUT2D eigenvalue weighted by atomic mass is 10.0. The molecule has 2 N–H and O–H groups in total.